The summed E-state index contributed by atoms with van der Waals surface area (Å²) in [7, 11) is 0. The highest BCUT2D eigenvalue weighted by atomic mass is 14.9. The Morgan fingerprint density at radius 2 is 2.00 bits per heavy atom. The highest BCUT2D eigenvalue weighted by Gasteiger charge is 2.19. The number of aryl methyl sites for hydroxylation is 1. The first-order valence-corrected chi connectivity index (χ1v) is 7.69. The summed E-state index contributed by atoms with van der Waals surface area (Å²) in [5.74, 6) is 1.01. The molecule has 1 heterocycles. The van der Waals surface area contributed by atoms with E-state index < -0.39 is 0 Å². The highest BCUT2D eigenvalue weighted by Crippen LogP contribution is 2.27. The molecule has 0 aromatic carbocycles. The number of aromatic nitrogens is 1. The summed E-state index contributed by atoms with van der Waals surface area (Å²) in [6, 6.07) is 2.99. The lowest BCUT2D eigenvalue weighted by Crippen LogP contribution is -2.32. The first kappa shape index (κ1) is 13.7. The van der Waals surface area contributed by atoms with Gasteiger partial charge in [0, 0.05) is 31.5 Å². The van der Waals surface area contributed by atoms with Gasteiger partial charge in [-0.25, -0.2) is 0 Å². The summed E-state index contributed by atoms with van der Waals surface area (Å²) >= 11 is 0. The second-order valence-electron chi connectivity index (χ2n) is 5.74. The van der Waals surface area contributed by atoms with Crippen LogP contribution >= 0.6 is 0 Å². The molecule has 1 aliphatic carbocycles. The van der Waals surface area contributed by atoms with Crippen LogP contribution in [0.1, 0.15) is 57.9 Å². The monoisotopic (exact) mass is 248 g/mol. The third kappa shape index (κ3) is 3.88. The van der Waals surface area contributed by atoms with Gasteiger partial charge in [-0.15, -0.1) is 0 Å². The topological polar surface area (TPSA) is 17.0 Å². The lowest BCUT2D eigenvalue weighted by atomic mass is 9.83. The zero-order valence-electron chi connectivity index (χ0n) is 12.0. The van der Waals surface area contributed by atoms with Gasteiger partial charge in [-0.2, -0.15) is 0 Å². The standard InChI is InChI=1S/C16H28N2/c1-3-5-14-6-8-16(9-7-14)17-12-15-10-11-18(4-2)13-15/h10-11,13-14,16-17H,3-9,12H2,1-2H3. The van der Waals surface area contributed by atoms with Crippen LogP contribution in [0, 0.1) is 5.92 Å². The zero-order valence-corrected chi connectivity index (χ0v) is 12.0. The van der Waals surface area contributed by atoms with Crippen LogP contribution in [0.2, 0.25) is 0 Å². The van der Waals surface area contributed by atoms with Crippen molar-refractivity contribution >= 4 is 0 Å². The van der Waals surface area contributed by atoms with Crippen molar-refractivity contribution in [2.24, 2.45) is 5.92 Å². The average Bonchev–Trinajstić information content (AvgIpc) is 2.86. The Kier molecular flexibility index (Phi) is 5.30. The Balaban J connectivity index is 1.68. The fourth-order valence-electron chi connectivity index (χ4n) is 3.12. The maximum Gasteiger partial charge on any atom is 0.0223 e. The van der Waals surface area contributed by atoms with Gasteiger partial charge in [0.05, 0.1) is 0 Å². The van der Waals surface area contributed by atoms with Crippen LogP contribution in [-0.4, -0.2) is 10.6 Å². The van der Waals surface area contributed by atoms with Crippen molar-refractivity contribution in [1.29, 1.82) is 0 Å². The van der Waals surface area contributed by atoms with Crippen molar-refractivity contribution in [3.8, 4) is 0 Å². The van der Waals surface area contributed by atoms with E-state index in [1.165, 1.54) is 44.1 Å². The maximum absolute atomic E-state index is 3.72. The van der Waals surface area contributed by atoms with Crippen LogP contribution in [0.15, 0.2) is 18.5 Å². The fourth-order valence-corrected chi connectivity index (χ4v) is 3.12. The Morgan fingerprint density at radius 3 is 2.61 bits per heavy atom. The van der Waals surface area contributed by atoms with Crippen molar-refractivity contribution in [3.63, 3.8) is 0 Å². The molecule has 0 unspecified atom stereocenters. The Bertz CT molecular complexity index is 335. The molecule has 0 aliphatic heterocycles. The Morgan fingerprint density at radius 1 is 1.22 bits per heavy atom. The van der Waals surface area contributed by atoms with Crippen LogP contribution in [-0.2, 0) is 13.1 Å². The number of hydrogen-bond donors (Lipinski definition) is 1. The largest absolute Gasteiger partial charge is 0.354 e. The van der Waals surface area contributed by atoms with Crippen LogP contribution in [0.4, 0.5) is 0 Å². The molecule has 1 aromatic rings. The summed E-state index contributed by atoms with van der Waals surface area (Å²) in [6.07, 6.45) is 12.8. The fraction of sp³-hybridized carbons (Fsp3) is 0.750. The number of nitrogens with one attached hydrogen (secondary N) is 1. The minimum Gasteiger partial charge on any atom is -0.354 e. The minimum absolute atomic E-state index is 0.753. The number of rotatable bonds is 6. The lowest BCUT2D eigenvalue weighted by Gasteiger charge is -2.29. The van der Waals surface area contributed by atoms with Crippen molar-refractivity contribution in [1.82, 2.24) is 9.88 Å². The van der Waals surface area contributed by atoms with E-state index in [4.69, 9.17) is 0 Å². The van der Waals surface area contributed by atoms with E-state index in [2.05, 4.69) is 42.2 Å². The molecule has 2 nitrogen and oxygen atoms in total. The minimum atomic E-state index is 0.753. The first-order chi connectivity index (χ1) is 8.81. The SMILES string of the molecule is CCCC1CCC(NCc2ccn(CC)c2)CC1. The Labute approximate surface area is 112 Å². The van der Waals surface area contributed by atoms with E-state index in [1.807, 2.05) is 0 Å². The van der Waals surface area contributed by atoms with Crippen LogP contribution in [0.3, 0.4) is 0 Å². The van der Waals surface area contributed by atoms with Crippen LogP contribution in [0.25, 0.3) is 0 Å². The van der Waals surface area contributed by atoms with E-state index in [1.54, 1.807) is 0 Å². The molecule has 0 amide bonds. The van der Waals surface area contributed by atoms with Crippen molar-refractivity contribution in [3.05, 3.63) is 24.0 Å². The van der Waals surface area contributed by atoms with E-state index in [-0.39, 0.29) is 0 Å². The third-order valence-electron chi connectivity index (χ3n) is 4.32. The molecule has 2 rings (SSSR count). The molecule has 0 bridgehead atoms. The first-order valence-electron chi connectivity index (χ1n) is 7.69. The molecule has 1 fully saturated rings. The molecule has 0 saturated heterocycles. The van der Waals surface area contributed by atoms with Gasteiger partial charge in [0.2, 0.25) is 0 Å². The molecule has 1 aliphatic rings. The second-order valence-corrected chi connectivity index (χ2v) is 5.74. The molecule has 0 spiro atoms. The predicted molar refractivity (Wildman–Crippen MR) is 77.6 cm³/mol. The molecule has 1 aromatic heterocycles. The maximum atomic E-state index is 3.72. The van der Waals surface area contributed by atoms with E-state index in [9.17, 15) is 0 Å². The van der Waals surface area contributed by atoms with Crippen molar-refractivity contribution < 1.29 is 0 Å². The molecule has 1 saturated carbocycles. The Hall–Kier alpha value is -0.760. The van der Waals surface area contributed by atoms with E-state index in [0.717, 1.165) is 25.0 Å². The quantitative estimate of drug-likeness (QED) is 0.806. The van der Waals surface area contributed by atoms with Gasteiger partial charge in [-0.3, -0.25) is 0 Å². The van der Waals surface area contributed by atoms with E-state index >= 15 is 0 Å². The normalized spacial score (nSPS) is 24.3. The van der Waals surface area contributed by atoms with Crippen LogP contribution in [0.5, 0.6) is 0 Å². The summed E-state index contributed by atoms with van der Waals surface area (Å²) < 4.78 is 2.25. The molecule has 1 N–H and O–H groups in total. The van der Waals surface area contributed by atoms with Crippen molar-refractivity contribution in [2.45, 2.75) is 71.5 Å². The zero-order chi connectivity index (χ0) is 12.8. The molecule has 0 radical (unpaired) electrons. The molecule has 18 heavy (non-hydrogen) atoms. The van der Waals surface area contributed by atoms with Crippen molar-refractivity contribution in [2.75, 3.05) is 0 Å². The number of nitrogens with zero attached hydrogens (tertiary/aromatic N) is 1. The van der Waals surface area contributed by atoms with Gasteiger partial charge in [-0.1, -0.05) is 19.8 Å². The molecule has 2 heteroatoms. The lowest BCUT2D eigenvalue weighted by molar-refractivity contribution is 0.277. The average molecular weight is 248 g/mol. The summed E-state index contributed by atoms with van der Waals surface area (Å²) in [6.45, 7) is 6.60. The molecular formula is C16H28N2. The third-order valence-corrected chi connectivity index (χ3v) is 4.32. The van der Waals surface area contributed by atoms with Gasteiger partial charge in [-0.05, 0) is 50.2 Å². The molecule has 0 atom stereocenters. The predicted octanol–water partition coefficient (Wildman–Crippen LogP) is 3.96. The summed E-state index contributed by atoms with van der Waals surface area (Å²) in [5, 5.41) is 3.72. The second kappa shape index (κ2) is 6.98. The van der Waals surface area contributed by atoms with Crippen LogP contribution < -0.4 is 5.32 Å². The van der Waals surface area contributed by atoms with Gasteiger partial charge in [0.25, 0.3) is 0 Å². The van der Waals surface area contributed by atoms with Gasteiger partial charge in [0.15, 0.2) is 0 Å². The molecule has 102 valence electrons. The van der Waals surface area contributed by atoms with E-state index in [0.29, 0.717) is 0 Å². The number of hydrogen-bond acceptors (Lipinski definition) is 1. The molecular weight excluding hydrogens is 220 g/mol. The van der Waals surface area contributed by atoms with Gasteiger partial charge >= 0.3 is 0 Å². The summed E-state index contributed by atoms with van der Waals surface area (Å²) in [5.41, 5.74) is 1.42. The highest BCUT2D eigenvalue weighted by molar-refractivity contribution is 5.10. The smallest absolute Gasteiger partial charge is 0.0223 e. The summed E-state index contributed by atoms with van der Waals surface area (Å²) in [4.78, 5) is 0. The van der Waals surface area contributed by atoms with Gasteiger partial charge in [0.1, 0.15) is 0 Å². The van der Waals surface area contributed by atoms with Gasteiger partial charge < -0.3 is 9.88 Å².